The molecule has 1 amide bonds. The molecule has 0 atom stereocenters. The highest BCUT2D eigenvalue weighted by Gasteiger charge is 2.34. The van der Waals surface area contributed by atoms with Crippen LogP contribution in [0.4, 0.5) is 0 Å². The Morgan fingerprint density at radius 2 is 1.35 bits per heavy atom. The van der Waals surface area contributed by atoms with Gasteiger partial charge in [0, 0.05) is 44.7 Å². The minimum absolute atomic E-state index is 0.210. The summed E-state index contributed by atoms with van der Waals surface area (Å²) in [5.41, 5.74) is 5.46. The summed E-state index contributed by atoms with van der Waals surface area (Å²) in [4.78, 5) is 27.8. The van der Waals surface area contributed by atoms with Gasteiger partial charge in [-0.15, -0.1) is 0 Å². The molecule has 34 heavy (non-hydrogen) atoms. The van der Waals surface area contributed by atoms with Crippen molar-refractivity contribution in [1.29, 1.82) is 0 Å². The monoisotopic (exact) mass is 481 g/mol. The first-order valence-electron chi connectivity index (χ1n) is 11.4. The Bertz CT molecular complexity index is 1450. The predicted octanol–water partition coefficient (Wildman–Crippen LogP) is 3.23. The quantitative estimate of drug-likeness (QED) is 0.575. The summed E-state index contributed by atoms with van der Waals surface area (Å²) in [7, 11) is -2.02. The maximum Gasteiger partial charge on any atom is 0.254 e. The molecule has 1 saturated heterocycles. The van der Waals surface area contributed by atoms with E-state index in [-0.39, 0.29) is 37.6 Å². The molecule has 1 aliphatic rings. The van der Waals surface area contributed by atoms with E-state index in [4.69, 9.17) is 0 Å². The summed E-state index contributed by atoms with van der Waals surface area (Å²) in [6, 6.07) is 8.69. The maximum absolute atomic E-state index is 13.6. The van der Waals surface area contributed by atoms with Gasteiger partial charge >= 0.3 is 0 Å². The van der Waals surface area contributed by atoms with E-state index in [0.29, 0.717) is 21.4 Å². The van der Waals surface area contributed by atoms with E-state index in [1.54, 1.807) is 11.9 Å². The van der Waals surface area contributed by atoms with Gasteiger partial charge < -0.3 is 9.47 Å². The van der Waals surface area contributed by atoms with Gasteiger partial charge in [0.25, 0.3) is 11.5 Å². The number of fused-ring (bicyclic) bond motifs is 1. The third kappa shape index (κ3) is 3.75. The summed E-state index contributed by atoms with van der Waals surface area (Å²) in [6.45, 7) is 10.6. The molecular weight excluding hydrogens is 450 g/mol. The van der Waals surface area contributed by atoms with Gasteiger partial charge in [-0.1, -0.05) is 18.2 Å². The second-order valence-electron chi connectivity index (χ2n) is 9.12. The number of amides is 1. The number of benzene rings is 2. The van der Waals surface area contributed by atoms with E-state index in [1.807, 2.05) is 58.9 Å². The van der Waals surface area contributed by atoms with Crippen molar-refractivity contribution in [3.05, 3.63) is 74.1 Å². The fourth-order valence-corrected chi connectivity index (χ4v) is 6.85. The second-order valence-corrected chi connectivity index (χ2v) is 11.0. The largest absolute Gasteiger partial charge is 0.336 e. The molecule has 0 unspecified atom stereocenters. The molecule has 0 saturated carbocycles. The molecule has 0 aliphatic carbocycles. The van der Waals surface area contributed by atoms with Gasteiger partial charge in [-0.05, 0) is 68.5 Å². The van der Waals surface area contributed by atoms with E-state index in [1.165, 1.54) is 14.9 Å². The van der Waals surface area contributed by atoms with E-state index < -0.39 is 10.0 Å². The van der Waals surface area contributed by atoms with Crippen LogP contribution in [0.25, 0.3) is 10.9 Å². The number of carbonyl (C=O) groups is 1. The molecule has 4 rings (SSSR count). The minimum atomic E-state index is -3.70. The van der Waals surface area contributed by atoms with Gasteiger partial charge in [0.15, 0.2) is 0 Å². The molecule has 2 aromatic carbocycles. The van der Waals surface area contributed by atoms with Crippen LogP contribution < -0.4 is 5.56 Å². The number of hydrogen-bond acceptors (Lipinski definition) is 4. The number of piperazine rings is 1. The van der Waals surface area contributed by atoms with E-state index in [9.17, 15) is 18.0 Å². The highest BCUT2D eigenvalue weighted by molar-refractivity contribution is 7.89. The van der Waals surface area contributed by atoms with Crippen LogP contribution in [0.3, 0.4) is 0 Å². The highest BCUT2D eigenvalue weighted by atomic mass is 32.2. The zero-order valence-electron chi connectivity index (χ0n) is 20.6. The van der Waals surface area contributed by atoms with Crippen molar-refractivity contribution in [2.24, 2.45) is 7.05 Å². The van der Waals surface area contributed by atoms with E-state index in [0.717, 1.165) is 27.8 Å². The lowest BCUT2D eigenvalue weighted by molar-refractivity contribution is 0.0699. The molecule has 0 spiro atoms. The Labute approximate surface area is 200 Å². The Balaban J connectivity index is 1.62. The smallest absolute Gasteiger partial charge is 0.254 e. The SMILES string of the molecule is Cc1c(C)c(C)c(S(=O)(=O)N2CCN(C(=O)c3cc(=O)n(C)c4ccccc34)CC2)c(C)c1C. The summed E-state index contributed by atoms with van der Waals surface area (Å²) in [5.74, 6) is -0.250. The lowest BCUT2D eigenvalue weighted by Gasteiger charge is -2.35. The van der Waals surface area contributed by atoms with E-state index in [2.05, 4.69) is 0 Å². The van der Waals surface area contributed by atoms with E-state index >= 15 is 0 Å². The molecule has 3 aromatic rings. The third-order valence-electron chi connectivity index (χ3n) is 7.44. The number of nitrogens with zero attached hydrogens (tertiary/aromatic N) is 3. The highest BCUT2D eigenvalue weighted by Crippen LogP contribution is 2.32. The molecule has 1 aromatic heterocycles. The molecule has 8 heteroatoms. The lowest BCUT2D eigenvalue weighted by atomic mass is 9.95. The fourth-order valence-electron chi connectivity index (χ4n) is 4.87. The summed E-state index contributed by atoms with van der Waals surface area (Å²) in [6.07, 6.45) is 0. The van der Waals surface area contributed by atoms with Crippen LogP contribution in [-0.4, -0.2) is 54.3 Å². The number of pyridine rings is 1. The molecule has 2 heterocycles. The van der Waals surface area contributed by atoms with Gasteiger partial charge in [-0.2, -0.15) is 4.31 Å². The van der Waals surface area contributed by atoms with Crippen LogP contribution in [0.5, 0.6) is 0 Å². The minimum Gasteiger partial charge on any atom is -0.336 e. The van der Waals surface area contributed by atoms with Crippen LogP contribution in [0.2, 0.25) is 0 Å². The Morgan fingerprint density at radius 1 is 0.824 bits per heavy atom. The van der Waals surface area contributed by atoms with Crippen molar-refractivity contribution in [3.63, 3.8) is 0 Å². The average Bonchev–Trinajstić information content (AvgIpc) is 2.83. The number of rotatable bonds is 3. The van der Waals surface area contributed by atoms with Crippen LogP contribution in [0.1, 0.15) is 38.2 Å². The lowest BCUT2D eigenvalue weighted by Crippen LogP contribution is -2.50. The van der Waals surface area contributed by atoms with Gasteiger partial charge in [0.05, 0.1) is 16.0 Å². The van der Waals surface area contributed by atoms with Crippen molar-refractivity contribution in [1.82, 2.24) is 13.8 Å². The zero-order valence-corrected chi connectivity index (χ0v) is 21.4. The first-order valence-corrected chi connectivity index (χ1v) is 12.9. The predicted molar refractivity (Wildman–Crippen MR) is 134 cm³/mol. The third-order valence-corrected chi connectivity index (χ3v) is 9.61. The first kappa shape index (κ1) is 24.2. The topological polar surface area (TPSA) is 79.7 Å². The number of sulfonamides is 1. The molecule has 0 bridgehead atoms. The number of carbonyl (C=O) groups excluding carboxylic acids is 1. The van der Waals surface area contributed by atoms with Crippen LogP contribution >= 0.6 is 0 Å². The van der Waals surface area contributed by atoms with Gasteiger partial charge in [0.2, 0.25) is 10.0 Å². The molecule has 180 valence electrons. The Hall–Kier alpha value is -2.97. The molecule has 1 fully saturated rings. The molecule has 1 aliphatic heterocycles. The standard InChI is InChI=1S/C26H31N3O4S/c1-16-17(2)19(4)25(20(5)18(16)3)34(32,33)29-13-11-28(12-14-29)26(31)22-15-24(30)27(6)23-10-8-7-9-21(22)23/h7-10,15H,11-14H2,1-6H3. The molecule has 0 radical (unpaired) electrons. The number of aryl methyl sites for hydroxylation is 1. The van der Waals surface area contributed by atoms with Crippen molar-refractivity contribution in [2.75, 3.05) is 26.2 Å². The zero-order chi connectivity index (χ0) is 24.9. The number of aromatic nitrogens is 1. The van der Waals surface area contributed by atoms with Crippen molar-refractivity contribution in [2.45, 2.75) is 39.5 Å². The Kier molecular flexibility index (Phi) is 6.16. The van der Waals surface area contributed by atoms with Crippen LogP contribution in [0.15, 0.2) is 40.0 Å². The van der Waals surface area contributed by atoms with Gasteiger partial charge in [0.1, 0.15) is 0 Å². The molecule has 0 N–H and O–H groups in total. The first-order chi connectivity index (χ1) is 16.0. The summed E-state index contributed by atoms with van der Waals surface area (Å²) >= 11 is 0. The Morgan fingerprint density at radius 3 is 1.94 bits per heavy atom. The average molecular weight is 482 g/mol. The van der Waals surface area contributed by atoms with Gasteiger partial charge in [-0.25, -0.2) is 8.42 Å². The maximum atomic E-state index is 13.6. The normalized spacial score (nSPS) is 15.2. The number of hydrogen-bond donors (Lipinski definition) is 0. The molecule has 7 nitrogen and oxygen atoms in total. The van der Waals surface area contributed by atoms with Crippen LogP contribution in [-0.2, 0) is 17.1 Å². The fraction of sp³-hybridized carbons (Fsp3) is 0.385. The van der Waals surface area contributed by atoms with Crippen molar-refractivity contribution >= 4 is 26.8 Å². The number of para-hydroxylation sites is 1. The van der Waals surface area contributed by atoms with Crippen molar-refractivity contribution < 1.29 is 13.2 Å². The summed E-state index contributed by atoms with van der Waals surface area (Å²) < 4.78 is 30.2. The molecular formula is C26H31N3O4S. The summed E-state index contributed by atoms with van der Waals surface area (Å²) in [5, 5.41) is 0.710. The second kappa shape index (κ2) is 8.67. The van der Waals surface area contributed by atoms with Gasteiger partial charge in [-0.3, -0.25) is 9.59 Å². The van der Waals surface area contributed by atoms with Crippen molar-refractivity contribution in [3.8, 4) is 0 Å². The van der Waals surface area contributed by atoms with Crippen LogP contribution in [0, 0.1) is 34.6 Å².